The van der Waals surface area contributed by atoms with Crippen molar-refractivity contribution in [2.45, 2.75) is 6.18 Å². The molecule has 8 heteroatoms. The van der Waals surface area contributed by atoms with Gasteiger partial charge in [-0.25, -0.2) is 4.21 Å². The molecule has 72 valence electrons. The van der Waals surface area contributed by atoms with Crippen molar-refractivity contribution in [2.24, 2.45) is 0 Å². The van der Waals surface area contributed by atoms with Crippen molar-refractivity contribution in [3.05, 3.63) is 26.6 Å². The first-order chi connectivity index (χ1) is 5.95. The highest BCUT2D eigenvalue weighted by molar-refractivity contribution is 7.56. The molecule has 13 heavy (non-hydrogen) atoms. The third-order valence-corrected chi connectivity index (χ3v) is 1.69. The van der Waals surface area contributed by atoms with Crippen LogP contribution in [-0.4, -0.2) is 14.4 Å². The van der Waals surface area contributed by atoms with E-state index in [4.69, 9.17) is 0 Å². The van der Waals surface area contributed by atoms with Crippen molar-refractivity contribution < 1.29 is 17.4 Å². The minimum absolute atomic E-state index is 0.288. The summed E-state index contributed by atoms with van der Waals surface area (Å²) in [5, 5.41) is 3.34. The summed E-state index contributed by atoms with van der Waals surface area (Å²) in [4.78, 5) is 10.7. The first-order valence-electron chi connectivity index (χ1n) is 2.97. The van der Waals surface area contributed by atoms with Gasteiger partial charge in [-0.05, 0) is 6.07 Å². The summed E-state index contributed by atoms with van der Waals surface area (Å²) < 4.78 is 45.5. The summed E-state index contributed by atoms with van der Waals surface area (Å²) in [5.41, 5.74) is -2.03. The summed E-state index contributed by atoms with van der Waals surface area (Å²) >= 11 is -0.288. The predicted molar refractivity (Wildman–Crippen MR) is 37.8 cm³/mol. The summed E-state index contributed by atoms with van der Waals surface area (Å²) in [6.45, 7) is 0. The molecule has 0 aliphatic heterocycles. The number of alkyl halides is 3. The molecule has 4 nitrogen and oxygen atoms in total. The Labute approximate surface area is 72.5 Å². The fourth-order valence-corrected chi connectivity index (χ4v) is 0.926. The zero-order chi connectivity index (χ0) is 10.1. The smallest absolute Gasteiger partial charge is 0.294 e. The number of aromatic nitrogens is 2. The van der Waals surface area contributed by atoms with Gasteiger partial charge in [-0.2, -0.15) is 13.2 Å². The van der Waals surface area contributed by atoms with E-state index in [0.29, 0.717) is 6.07 Å². The molecule has 0 unspecified atom stereocenters. The van der Waals surface area contributed by atoms with E-state index in [0.717, 1.165) is 0 Å². The molecule has 0 bridgehead atoms. The molecule has 1 rings (SSSR count). The Kier molecular flexibility index (Phi) is 2.41. The number of hydrogen-bond donors (Lipinski definition) is 2. The summed E-state index contributed by atoms with van der Waals surface area (Å²) in [7, 11) is 0. The van der Waals surface area contributed by atoms with E-state index in [1.54, 1.807) is 10.2 Å². The van der Waals surface area contributed by atoms with Crippen LogP contribution in [0.1, 0.15) is 5.69 Å². The van der Waals surface area contributed by atoms with Gasteiger partial charge in [-0.1, -0.05) is 0 Å². The van der Waals surface area contributed by atoms with Crippen molar-refractivity contribution >= 4 is 11.3 Å². The number of halogens is 3. The topological polar surface area (TPSA) is 65.7 Å². The highest BCUT2D eigenvalue weighted by Crippen LogP contribution is 2.25. The third-order valence-electron chi connectivity index (χ3n) is 1.21. The maximum atomic E-state index is 12.0. The van der Waals surface area contributed by atoms with Crippen LogP contribution in [0.4, 0.5) is 13.2 Å². The molecule has 0 saturated heterocycles. The normalized spacial score (nSPS) is 11.3. The van der Waals surface area contributed by atoms with Crippen molar-refractivity contribution in [1.29, 1.82) is 0 Å². The molecule has 2 N–H and O–H groups in total. The maximum absolute atomic E-state index is 12.0. The number of aromatic amines is 2. The Morgan fingerprint density at radius 3 is 2.38 bits per heavy atom. The quantitative estimate of drug-likeness (QED) is 0.614. The molecule has 0 radical (unpaired) electrons. The van der Waals surface area contributed by atoms with E-state index in [1.807, 2.05) is 0 Å². The van der Waals surface area contributed by atoms with Gasteiger partial charge in [0, 0.05) is 0 Å². The molecule has 0 atom stereocenters. The minimum Gasteiger partial charge on any atom is -0.294 e. The van der Waals surface area contributed by atoms with Crippen molar-refractivity contribution in [3.8, 4) is 0 Å². The van der Waals surface area contributed by atoms with Crippen LogP contribution in [-0.2, 0) is 17.4 Å². The van der Waals surface area contributed by atoms with Gasteiger partial charge >= 0.3 is 6.18 Å². The lowest BCUT2D eigenvalue weighted by Crippen LogP contribution is -2.16. The summed E-state index contributed by atoms with van der Waals surface area (Å²) in [5.74, 6) is 0. The largest absolute Gasteiger partial charge is 0.432 e. The zero-order valence-corrected chi connectivity index (χ0v) is 6.75. The van der Waals surface area contributed by atoms with Crippen LogP contribution >= 0.6 is 0 Å². The monoisotopic (exact) mass is 212 g/mol. The number of nitrogens with one attached hydrogen (secondary N) is 2. The van der Waals surface area contributed by atoms with Gasteiger partial charge in [0.05, 0.1) is 0 Å². The molecule has 0 amide bonds. The minimum atomic E-state index is -4.60. The van der Waals surface area contributed by atoms with Gasteiger partial charge in [0.1, 0.15) is 21.5 Å². The van der Waals surface area contributed by atoms with E-state index in [1.165, 1.54) is 0 Å². The second-order valence-corrected chi connectivity index (χ2v) is 2.69. The molecule has 0 saturated carbocycles. The van der Waals surface area contributed by atoms with Crippen LogP contribution in [0, 0.1) is 4.51 Å². The Morgan fingerprint density at radius 1 is 1.31 bits per heavy atom. The van der Waals surface area contributed by atoms with Gasteiger partial charge < -0.3 is 0 Å². The summed E-state index contributed by atoms with van der Waals surface area (Å²) in [6.07, 6.45) is -4.60. The lowest BCUT2D eigenvalue weighted by molar-refractivity contribution is -0.141. The second-order valence-electron chi connectivity index (χ2n) is 2.08. The zero-order valence-electron chi connectivity index (χ0n) is 5.94. The Balaban J connectivity index is 3.49. The van der Waals surface area contributed by atoms with Crippen LogP contribution in [0.2, 0.25) is 0 Å². The molecule has 0 spiro atoms. The van der Waals surface area contributed by atoms with Crippen LogP contribution in [0.5, 0.6) is 0 Å². The average molecular weight is 212 g/mol. The van der Waals surface area contributed by atoms with E-state index in [9.17, 15) is 22.2 Å². The molecule has 1 heterocycles. The molecular formula is C5H3F3N2O2S. The van der Waals surface area contributed by atoms with E-state index in [2.05, 4.69) is 0 Å². The van der Waals surface area contributed by atoms with E-state index >= 15 is 0 Å². The fraction of sp³-hybridized carbons (Fsp3) is 0.200. The predicted octanol–water partition coefficient (Wildman–Crippen LogP) is 0.467. The highest BCUT2D eigenvalue weighted by atomic mass is 32.1. The van der Waals surface area contributed by atoms with Crippen molar-refractivity contribution in [3.63, 3.8) is 0 Å². The Morgan fingerprint density at radius 2 is 1.92 bits per heavy atom. The van der Waals surface area contributed by atoms with Gasteiger partial charge in [0.25, 0.3) is 5.56 Å². The number of H-pyrrole nitrogens is 2. The molecular weight excluding hydrogens is 209 g/mol. The fourth-order valence-electron chi connectivity index (χ4n) is 0.633. The number of hydrogen-bond acceptors (Lipinski definition) is 2. The standard InChI is InChI=1S/C5H3F3N2O2S/c6-5(7,8)3-1-2(13-12)4(11)10-9-3/h1,9H,(H,10,11). The Hall–Kier alpha value is -1.31. The van der Waals surface area contributed by atoms with Crippen LogP contribution in [0.15, 0.2) is 10.9 Å². The SMILES string of the molecule is O=S=c1cc(C(F)(F)F)[nH][nH]c1=O. The maximum Gasteiger partial charge on any atom is 0.432 e. The van der Waals surface area contributed by atoms with E-state index < -0.39 is 21.9 Å². The first kappa shape index (κ1) is 9.78. The van der Waals surface area contributed by atoms with Crippen LogP contribution in [0.3, 0.4) is 0 Å². The third kappa shape index (κ3) is 2.08. The molecule has 0 fully saturated rings. The van der Waals surface area contributed by atoms with Crippen molar-refractivity contribution in [2.75, 3.05) is 0 Å². The Bertz CT molecular complexity index is 454. The number of rotatable bonds is 0. The lowest BCUT2D eigenvalue weighted by atomic mass is 10.4. The van der Waals surface area contributed by atoms with Gasteiger partial charge in [-0.3, -0.25) is 15.0 Å². The van der Waals surface area contributed by atoms with Crippen LogP contribution < -0.4 is 5.56 Å². The first-order valence-corrected chi connectivity index (χ1v) is 3.71. The van der Waals surface area contributed by atoms with Crippen molar-refractivity contribution in [1.82, 2.24) is 10.2 Å². The van der Waals surface area contributed by atoms with Gasteiger partial charge in [0.15, 0.2) is 0 Å². The molecule has 0 aromatic carbocycles. The molecule has 0 aliphatic rings. The van der Waals surface area contributed by atoms with E-state index in [-0.39, 0.29) is 11.3 Å². The average Bonchev–Trinajstić information content (AvgIpc) is 2.03. The van der Waals surface area contributed by atoms with Gasteiger partial charge in [0.2, 0.25) is 0 Å². The van der Waals surface area contributed by atoms with Crippen LogP contribution in [0.25, 0.3) is 0 Å². The van der Waals surface area contributed by atoms with Gasteiger partial charge in [-0.15, -0.1) is 0 Å². The highest BCUT2D eigenvalue weighted by Gasteiger charge is 2.31. The lowest BCUT2D eigenvalue weighted by Gasteiger charge is -2.04. The molecule has 0 aliphatic carbocycles. The molecule has 1 aromatic rings. The second kappa shape index (κ2) is 3.21. The molecule has 1 aromatic heterocycles. The summed E-state index contributed by atoms with van der Waals surface area (Å²) in [6, 6.07) is 0.469.